The molecule has 1 amide bonds. The molecular weight excluding hydrogens is 274 g/mol. The summed E-state index contributed by atoms with van der Waals surface area (Å²) in [5, 5.41) is 2.69. The van der Waals surface area contributed by atoms with E-state index in [2.05, 4.69) is 5.32 Å². The highest BCUT2D eigenvalue weighted by atomic mass is 16.7. The van der Waals surface area contributed by atoms with Gasteiger partial charge in [0, 0.05) is 13.0 Å². The minimum atomic E-state index is -0.338. The summed E-state index contributed by atoms with van der Waals surface area (Å²) in [6.07, 6.45) is 2.05. The summed E-state index contributed by atoms with van der Waals surface area (Å²) in [6.45, 7) is 2.32. The Morgan fingerprint density at radius 1 is 1.29 bits per heavy atom. The Labute approximate surface area is 123 Å². The summed E-state index contributed by atoms with van der Waals surface area (Å²) in [4.78, 5) is 22.9. The van der Waals surface area contributed by atoms with Gasteiger partial charge in [0.2, 0.25) is 6.79 Å². The van der Waals surface area contributed by atoms with Crippen LogP contribution in [-0.4, -0.2) is 25.3 Å². The Morgan fingerprint density at radius 2 is 2.10 bits per heavy atom. The Morgan fingerprint density at radius 3 is 2.90 bits per heavy atom. The Hall–Kier alpha value is -2.24. The quantitative estimate of drug-likeness (QED) is 0.775. The van der Waals surface area contributed by atoms with Gasteiger partial charge < -0.3 is 19.5 Å². The number of rotatable bonds is 7. The lowest BCUT2D eigenvalue weighted by Crippen LogP contribution is -2.28. The molecule has 1 aliphatic rings. The fraction of sp³-hybridized carbons (Fsp3) is 0.467. The number of carbonyl (C=O) groups excluding carboxylic acids is 2. The summed E-state index contributed by atoms with van der Waals surface area (Å²) in [6, 6.07) is 5.46. The van der Waals surface area contributed by atoms with E-state index in [1.54, 1.807) is 6.07 Å². The standard InChI is InChI=1S/C15H19NO5/c1-2-3-4-15(18)19-9-14(17)16-8-11-5-6-12-13(7-11)21-10-20-12/h5-7H,2-4,8-10H2,1H3,(H,16,17). The van der Waals surface area contributed by atoms with Gasteiger partial charge in [-0.25, -0.2) is 0 Å². The van der Waals surface area contributed by atoms with Crippen LogP contribution in [0.4, 0.5) is 0 Å². The molecule has 0 aromatic heterocycles. The van der Waals surface area contributed by atoms with Crippen LogP contribution in [0.3, 0.4) is 0 Å². The molecule has 0 bridgehead atoms. The number of ether oxygens (including phenoxy) is 3. The lowest BCUT2D eigenvalue weighted by atomic mass is 10.2. The van der Waals surface area contributed by atoms with Crippen molar-refractivity contribution in [2.45, 2.75) is 32.7 Å². The largest absolute Gasteiger partial charge is 0.456 e. The van der Waals surface area contributed by atoms with Gasteiger partial charge in [-0.05, 0) is 24.1 Å². The molecule has 6 heteroatoms. The predicted octanol–water partition coefficient (Wildman–Crippen LogP) is 1.76. The summed E-state index contributed by atoms with van der Waals surface area (Å²) in [5.41, 5.74) is 0.893. The second kappa shape index (κ2) is 7.52. The number of benzene rings is 1. The minimum absolute atomic E-state index is 0.221. The fourth-order valence-electron chi connectivity index (χ4n) is 1.84. The second-order valence-electron chi connectivity index (χ2n) is 4.73. The van der Waals surface area contributed by atoms with Crippen molar-refractivity contribution >= 4 is 11.9 Å². The molecule has 0 radical (unpaired) electrons. The minimum Gasteiger partial charge on any atom is -0.456 e. The molecule has 0 unspecified atom stereocenters. The van der Waals surface area contributed by atoms with Crippen LogP contribution in [-0.2, 0) is 20.9 Å². The van der Waals surface area contributed by atoms with E-state index in [1.165, 1.54) is 0 Å². The Kier molecular flexibility index (Phi) is 5.43. The molecule has 2 rings (SSSR count). The maximum atomic E-state index is 11.6. The number of esters is 1. The molecule has 0 atom stereocenters. The normalized spacial score (nSPS) is 12.0. The zero-order chi connectivity index (χ0) is 15.1. The number of carbonyl (C=O) groups is 2. The molecular formula is C15H19NO5. The van der Waals surface area contributed by atoms with Gasteiger partial charge >= 0.3 is 5.97 Å². The second-order valence-corrected chi connectivity index (χ2v) is 4.73. The average molecular weight is 293 g/mol. The average Bonchev–Trinajstić information content (AvgIpc) is 2.96. The van der Waals surface area contributed by atoms with Gasteiger partial charge in [-0.15, -0.1) is 0 Å². The fourth-order valence-corrected chi connectivity index (χ4v) is 1.84. The summed E-state index contributed by atoms with van der Waals surface area (Å²) in [7, 11) is 0. The van der Waals surface area contributed by atoms with Crippen LogP contribution < -0.4 is 14.8 Å². The first kappa shape index (κ1) is 15.2. The number of amides is 1. The van der Waals surface area contributed by atoms with Crippen molar-refractivity contribution in [1.82, 2.24) is 5.32 Å². The van der Waals surface area contributed by atoms with E-state index in [-0.39, 0.29) is 25.3 Å². The molecule has 0 aliphatic carbocycles. The van der Waals surface area contributed by atoms with Crippen LogP contribution in [0, 0.1) is 0 Å². The highest BCUT2D eigenvalue weighted by molar-refractivity contribution is 5.80. The number of unbranched alkanes of at least 4 members (excludes halogenated alkanes) is 1. The molecule has 0 saturated heterocycles. The lowest BCUT2D eigenvalue weighted by Gasteiger charge is -2.07. The third kappa shape index (κ3) is 4.66. The van der Waals surface area contributed by atoms with E-state index in [9.17, 15) is 9.59 Å². The van der Waals surface area contributed by atoms with Crippen LogP contribution in [0.5, 0.6) is 11.5 Å². The summed E-state index contributed by atoms with van der Waals surface area (Å²) < 4.78 is 15.3. The molecule has 114 valence electrons. The number of hydrogen-bond donors (Lipinski definition) is 1. The molecule has 1 aliphatic heterocycles. The van der Waals surface area contributed by atoms with Crippen LogP contribution in [0.25, 0.3) is 0 Å². The first-order valence-corrected chi connectivity index (χ1v) is 7.00. The van der Waals surface area contributed by atoms with Crippen molar-refractivity contribution in [3.8, 4) is 11.5 Å². The summed E-state index contributed by atoms with van der Waals surface area (Å²) >= 11 is 0. The maximum absolute atomic E-state index is 11.6. The third-order valence-corrected chi connectivity index (χ3v) is 3.03. The zero-order valence-electron chi connectivity index (χ0n) is 12.0. The van der Waals surface area contributed by atoms with Crippen molar-refractivity contribution in [2.75, 3.05) is 13.4 Å². The van der Waals surface area contributed by atoms with E-state index >= 15 is 0 Å². The Bertz CT molecular complexity index is 515. The molecule has 0 saturated carbocycles. The molecule has 1 N–H and O–H groups in total. The van der Waals surface area contributed by atoms with Crippen LogP contribution >= 0.6 is 0 Å². The summed E-state index contributed by atoms with van der Waals surface area (Å²) in [5.74, 6) is 0.718. The number of fused-ring (bicyclic) bond motifs is 1. The van der Waals surface area contributed by atoms with Gasteiger partial charge in [-0.3, -0.25) is 9.59 Å². The Balaban J connectivity index is 1.70. The van der Waals surface area contributed by atoms with Crippen molar-refractivity contribution in [3.05, 3.63) is 23.8 Å². The van der Waals surface area contributed by atoms with Gasteiger partial charge in [0.1, 0.15) is 0 Å². The topological polar surface area (TPSA) is 73.9 Å². The molecule has 0 spiro atoms. The lowest BCUT2D eigenvalue weighted by molar-refractivity contribution is -0.148. The third-order valence-electron chi connectivity index (χ3n) is 3.03. The predicted molar refractivity (Wildman–Crippen MR) is 74.9 cm³/mol. The van der Waals surface area contributed by atoms with Crippen LogP contribution in [0.15, 0.2) is 18.2 Å². The van der Waals surface area contributed by atoms with Gasteiger partial charge in [-0.1, -0.05) is 19.4 Å². The van der Waals surface area contributed by atoms with Gasteiger partial charge in [0.25, 0.3) is 5.91 Å². The number of nitrogens with one attached hydrogen (secondary N) is 1. The van der Waals surface area contributed by atoms with Crippen molar-refractivity contribution in [1.29, 1.82) is 0 Å². The first-order valence-electron chi connectivity index (χ1n) is 7.00. The molecule has 6 nitrogen and oxygen atoms in total. The highest BCUT2D eigenvalue weighted by Crippen LogP contribution is 2.32. The van der Waals surface area contributed by atoms with Gasteiger partial charge in [-0.2, -0.15) is 0 Å². The molecule has 1 heterocycles. The smallest absolute Gasteiger partial charge is 0.306 e. The van der Waals surface area contributed by atoms with E-state index in [0.29, 0.717) is 24.5 Å². The van der Waals surface area contributed by atoms with Crippen molar-refractivity contribution in [2.24, 2.45) is 0 Å². The van der Waals surface area contributed by atoms with E-state index in [4.69, 9.17) is 14.2 Å². The molecule has 1 aromatic rings. The van der Waals surface area contributed by atoms with E-state index < -0.39 is 0 Å². The van der Waals surface area contributed by atoms with Gasteiger partial charge in [0.05, 0.1) is 0 Å². The number of hydrogen-bond acceptors (Lipinski definition) is 5. The molecule has 1 aromatic carbocycles. The highest BCUT2D eigenvalue weighted by Gasteiger charge is 2.13. The van der Waals surface area contributed by atoms with E-state index in [1.807, 2.05) is 19.1 Å². The zero-order valence-corrected chi connectivity index (χ0v) is 12.0. The van der Waals surface area contributed by atoms with Crippen LogP contribution in [0.2, 0.25) is 0 Å². The molecule has 21 heavy (non-hydrogen) atoms. The SMILES string of the molecule is CCCCC(=O)OCC(=O)NCc1ccc2c(c1)OCO2. The van der Waals surface area contributed by atoms with Crippen molar-refractivity contribution < 1.29 is 23.8 Å². The monoisotopic (exact) mass is 293 g/mol. The van der Waals surface area contributed by atoms with Crippen LogP contribution in [0.1, 0.15) is 31.7 Å². The molecule has 0 fully saturated rings. The first-order chi connectivity index (χ1) is 10.2. The van der Waals surface area contributed by atoms with E-state index in [0.717, 1.165) is 18.4 Å². The maximum Gasteiger partial charge on any atom is 0.306 e. The van der Waals surface area contributed by atoms with Gasteiger partial charge in [0.15, 0.2) is 18.1 Å². The van der Waals surface area contributed by atoms with Crippen molar-refractivity contribution in [3.63, 3.8) is 0 Å².